The molecule has 1 saturated heterocycles. The highest BCUT2D eigenvalue weighted by Crippen LogP contribution is 2.25. The fourth-order valence-corrected chi connectivity index (χ4v) is 4.85. The monoisotopic (exact) mass is 362 g/mol. The summed E-state index contributed by atoms with van der Waals surface area (Å²) in [7, 11) is -1.36. The molecular formula is C18H22N2O4S. The molecule has 0 saturated carbocycles. The Hall–Kier alpha value is -2.15. The molecule has 1 fully saturated rings. The molecule has 1 atom stereocenters. The number of aryl methyl sites for hydroxylation is 2. The van der Waals surface area contributed by atoms with Gasteiger partial charge in [0, 0.05) is 18.7 Å². The van der Waals surface area contributed by atoms with Crippen molar-refractivity contribution in [2.75, 3.05) is 18.6 Å². The highest BCUT2D eigenvalue weighted by molar-refractivity contribution is 7.91. The van der Waals surface area contributed by atoms with Crippen LogP contribution in [0.3, 0.4) is 0 Å². The first-order valence-corrected chi connectivity index (χ1v) is 10.1. The number of benzene rings is 1. The molecule has 1 aliphatic rings. The summed E-state index contributed by atoms with van der Waals surface area (Å²) in [6.07, 6.45) is 0.602. The highest BCUT2D eigenvalue weighted by Gasteiger charge is 2.33. The van der Waals surface area contributed by atoms with E-state index in [0.29, 0.717) is 23.8 Å². The number of nitrogens with zero attached hydrogens (tertiary/aromatic N) is 2. The summed E-state index contributed by atoms with van der Waals surface area (Å²) in [6.45, 7) is 3.77. The van der Waals surface area contributed by atoms with Crippen LogP contribution < -0.4 is 0 Å². The Kier molecular flexibility index (Phi) is 4.69. The number of hydrogen-bond donors (Lipinski definition) is 0. The van der Waals surface area contributed by atoms with Gasteiger partial charge in [-0.2, -0.15) is 0 Å². The summed E-state index contributed by atoms with van der Waals surface area (Å²) >= 11 is 0. The third-order valence-electron chi connectivity index (χ3n) is 4.74. The van der Waals surface area contributed by atoms with Crippen LogP contribution >= 0.6 is 0 Å². The third-order valence-corrected chi connectivity index (χ3v) is 6.49. The molecule has 1 aliphatic heterocycles. The van der Waals surface area contributed by atoms with Crippen LogP contribution in [0.15, 0.2) is 28.7 Å². The topological polar surface area (TPSA) is 80.5 Å². The summed E-state index contributed by atoms with van der Waals surface area (Å²) < 4.78 is 29.0. The predicted molar refractivity (Wildman–Crippen MR) is 94.9 cm³/mol. The number of oxazole rings is 1. The van der Waals surface area contributed by atoms with E-state index in [0.717, 1.165) is 11.1 Å². The van der Waals surface area contributed by atoms with Crippen LogP contribution in [0.25, 0.3) is 11.5 Å². The van der Waals surface area contributed by atoms with E-state index < -0.39 is 9.84 Å². The van der Waals surface area contributed by atoms with E-state index in [2.05, 4.69) is 4.98 Å². The van der Waals surface area contributed by atoms with Crippen molar-refractivity contribution in [3.05, 3.63) is 41.3 Å². The van der Waals surface area contributed by atoms with Gasteiger partial charge in [0.25, 0.3) is 0 Å². The molecule has 1 aromatic heterocycles. The predicted octanol–water partition coefficient (Wildman–Crippen LogP) is 2.15. The van der Waals surface area contributed by atoms with Crippen LogP contribution in [0.4, 0.5) is 0 Å². The van der Waals surface area contributed by atoms with Gasteiger partial charge in [-0.3, -0.25) is 4.79 Å². The molecule has 0 bridgehead atoms. The molecule has 2 heterocycles. The Morgan fingerprint density at radius 1 is 1.32 bits per heavy atom. The average molecular weight is 362 g/mol. The number of rotatable bonds is 4. The summed E-state index contributed by atoms with van der Waals surface area (Å²) in [5.41, 5.74) is 2.55. The fourth-order valence-electron chi connectivity index (χ4n) is 3.07. The lowest BCUT2D eigenvalue weighted by Gasteiger charge is -2.23. The van der Waals surface area contributed by atoms with Crippen molar-refractivity contribution in [3.63, 3.8) is 0 Å². The Morgan fingerprint density at radius 2 is 2.04 bits per heavy atom. The quantitative estimate of drug-likeness (QED) is 0.832. The van der Waals surface area contributed by atoms with Crippen molar-refractivity contribution >= 4 is 15.7 Å². The minimum absolute atomic E-state index is 0.0432. The Balaban J connectivity index is 1.75. The number of amides is 1. The number of carbonyl (C=O) groups is 1. The minimum Gasteiger partial charge on any atom is -0.441 e. The van der Waals surface area contributed by atoms with E-state index >= 15 is 0 Å². The second-order valence-electron chi connectivity index (χ2n) is 6.58. The van der Waals surface area contributed by atoms with Crippen molar-refractivity contribution in [2.24, 2.45) is 0 Å². The number of likely N-dealkylation sites (N-methyl/N-ethyl adjacent to an activating group) is 1. The second kappa shape index (κ2) is 6.63. The van der Waals surface area contributed by atoms with E-state index in [9.17, 15) is 13.2 Å². The van der Waals surface area contributed by atoms with Gasteiger partial charge in [-0.05, 0) is 31.9 Å². The maximum Gasteiger partial charge on any atom is 0.228 e. The van der Waals surface area contributed by atoms with Crippen molar-refractivity contribution in [2.45, 2.75) is 32.7 Å². The van der Waals surface area contributed by atoms with Crippen LogP contribution in [-0.2, 0) is 21.1 Å². The summed E-state index contributed by atoms with van der Waals surface area (Å²) in [4.78, 5) is 18.5. The molecule has 0 N–H and O–H groups in total. The van der Waals surface area contributed by atoms with Crippen LogP contribution in [0.5, 0.6) is 0 Å². The van der Waals surface area contributed by atoms with Crippen molar-refractivity contribution in [1.82, 2.24) is 9.88 Å². The first-order chi connectivity index (χ1) is 11.8. The lowest BCUT2D eigenvalue weighted by atomic mass is 10.1. The Labute approximate surface area is 147 Å². The van der Waals surface area contributed by atoms with Gasteiger partial charge in [-0.15, -0.1) is 0 Å². The molecule has 6 nitrogen and oxygen atoms in total. The molecule has 1 unspecified atom stereocenters. The van der Waals surface area contributed by atoms with Gasteiger partial charge in [0.2, 0.25) is 11.8 Å². The van der Waals surface area contributed by atoms with E-state index in [1.807, 2.05) is 31.2 Å². The zero-order valence-corrected chi connectivity index (χ0v) is 15.5. The maximum absolute atomic E-state index is 12.5. The summed E-state index contributed by atoms with van der Waals surface area (Å²) in [5, 5.41) is 0. The summed E-state index contributed by atoms with van der Waals surface area (Å²) in [6, 6.07) is 7.53. The molecule has 1 aromatic carbocycles. The van der Waals surface area contributed by atoms with E-state index in [1.165, 1.54) is 4.90 Å². The Morgan fingerprint density at radius 3 is 2.68 bits per heavy atom. The molecule has 2 aromatic rings. The lowest BCUT2D eigenvalue weighted by Crippen LogP contribution is -2.38. The van der Waals surface area contributed by atoms with E-state index in [4.69, 9.17) is 4.42 Å². The van der Waals surface area contributed by atoms with Crippen LogP contribution in [0.2, 0.25) is 0 Å². The standard InChI is InChI=1S/C18H22N2O4S/c1-12-6-4-5-7-15(12)18-19-16(13(2)24-18)10-17(21)20(3)14-8-9-25(22,23)11-14/h4-7,14H,8-11H2,1-3H3. The average Bonchev–Trinajstić information content (AvgIpc) is 3.09. The van der Waals surface area contributed by atoms with Gasteiger partial charge in [-0.1, -0.05) is 18.2 Å². The van der Waals surface area contributed by atoms with Gasteiger partial charge >= 0.3 is 0 Å². The van der Waals surface area contributed by atoms with E-state index in [1.54, 1.807) is 14.0 Å². The van der Waals surface area contributed by atoms with Gasteiger partial charge in [-0.25, -0.2) is 13.4 Å². The molecule has 0 spiro atoms. The van der Waals surface area contributed by atoms with Gasteiger partial charge in [0.15, 0.2) is 9.84 Å². The first-order valence-electron chi connectivity index (χ1n) is 8.25. The molecule has 0 radical (unpaired) electrons. The lowest BCUT2D eigenvalue weighted by molar-refractivity contribution is -0.130. The van der Waals surface area contributed by atoms with Crippen molar-refractivity contribution in [1.29, 1.82) is 0 Å². The number of sulfone groups is 1. The zero-order chi connectivity index (χ0) is 18.2. The molecule has 134 valence electrons. The maximum atomic E-state index is 12.5. The molecule has 7 heteroatoms. The normalized spacial score (nSPS) is 19.1. The van der Waals surface area contributed by atoms with Crippen LogP contribution in [0.1, 0.15) is 23.4 Å². The van der Waals surface area contributed by atoms with Crippen molar-refractivity contribution in [3.8, 4) is 11.5 Å². The van der Waals surface area contributed by atoms with E-state index in [-0.39, 0.29) is 29.9 Å². The highest BCUT2D eigenvalue weighted by atomic mass is 32.2. The first kappa shape index (κ1) is 17.7. The molecule has 1 amide bonds. The largest absolute Gasteiger partial charge is 0.441 e. The zero-order valence-electron chi connectivity index (χ0n) is 14.7. The molecule has 0 aliphatic carbocycles. The van der Waals surface area contributed by atoms with Crippen LogP contribution in [-0.4, -0.2) is 48.8 Å². The van der Waals surface area contributed by atoms with Gasteiger partial charge < -0.3 is 9.32 Å². The molecular weight excluding hydrogens is 340 g/mol. The fraction of sp³-hybridized carbons (Fsp3) is 0.444. The van der Waals surface area contributed by atoms with Gasteiger partial charge in [0.05, 0.1) is 23.6 Å². The van der Waals surface area contributed by atoms with Gasteiger partial charge in [0.1, 0.15) is 5.76 Å². The SMILES string of the molecule is Cc1ccccc1-c1nc(CC(=O)N(C)C2CCS(=O)(=O)C2)c(C)o1. The third kappa shape index (κ3) is 3.76. The number of hydrogen-bond acceptors (Lipinski definition) is 5. The summed E-state index contributed by atoms with van der Waals surface area (Å²) in [5.74, 6) is 1.16. The Bertz CT molecular complexity index is 902. The number of aromatic nitrogens is 1. The smallest absolute Gasteiger partial charge is 0.228 e. The minimum atomic E-state index is -3.02. The molecule has 3 rings (SSSR count). The second-order valence-corrected chi connectivity index (χ2v) is 8.80. The van der Waals surface area contributed by atoms with Crippen molar-refractivity contribution < 1.29 is 17.6 Å². The molecule has 25 heavy (non-hydrogen) atoms. The number of carbonyl (C=O) groups excluding carboxylic acids is 1. The van der Waals surface area contributed by atoms with Crippen LogP contribution in [0, 0.1) is 13.8 Å².